The first kappa shape index (κ1) is 22.9. The van der Waals surface area contributed by atoms with Gasteiger partial charge in [0.25, 0.3) is 0 Å². The van der Waals surface area contributed by atoms with Crippen molar-refractivity contribution in [3.8, 4) is 0 Å². The summed E-state index contributed by atoms with van der Waals surface area (Å²) in [6, 6.07) is 8.02. The van der Waals surface area contributed by atoms with E-state index in [4.69, 9.17) is 14.9 Å². The Morgan fingerprint density at radius 2 is 1.50 bits per heavy atom. The average molecular weight is 380 g/mol. The summed E-state index contributed by atoms with van der Waals surface area (Å²) in [6.45, 7) is 16.8. The predicted octanol–water partition coefficient (Wildman–Crippen LogP) is 4.98. The van der Waals surface area contributed by atoms with Gasteiger partial charge in [-0.15, -0.1) is 0 Å². The summed E-state index contributed by atoms with van der Waals surface area (Å²) in [7, 11) is -1.88. The van der Waals surface area contributed by atoms with Crippen LogP contribution in [0.15, 0.2) is 24.3 Å². The highest BCUT2D eigenvalue weighted by Crippen LogP contribution is 2.42. The Labute approximate surface area is 160 Å². The number of benzene rings is 1. The Balaban J connectivity index is 2.91. The number of hydrogen-bond acceptors (Lipinski definition) is 4. The lowest BCUT2D eigenvalue weighted by molar-refractivity contribution is -0.144. The highest BCUT2D eigenvalue weighted by Gasteiger charge is 2.44. The summed E-state index contributed by atoms with van der Waals surface area (Å²) in [6.07, 6.45) is 0. The Bertz CT molecular complexity index is 533. The first-order valence-electron chi connectivity index (χ1n) is 9.80. The lowest BCUT2D eigenvalue weighted by atomic mass is 9.98. The molecule has 0 bridgehead atoms. The van der Waals surface area contributed by atoms with Crippen molar-refractivity contribution < 1.29 is 14.0 Å². The molecule has 1 aromatic rings. The zero-order valence-corrected chi connectivity index (χ0v) is 18.5. The number of ether oxygens (including phenoxy) is 1. The van der Waals surface area contributed by atoms with Gasteiger partial charge in [-0.1, -0.05) is 65.8 Å². The van der Waals surface area contributed by atoms with Gasteiger partial charge in [0.05, 0.1) is 19.1 Å². The van der Waals surface area contributed by atoms with Crippen molar-refractivity contribution in [1.29, 1.82) is 0 Å². The van der Waals surface area contributed by atoms with Crippen molar-refractivity contribution in [1.82, 2.24) is 0 Å². The lowest BCUT2D eigenvalue weighted by Crippen LogP contribution is -2.47. The molecule has 148 valence electrons. The Kier molecular flexibility index (Phi) is 9.00. The molecule has 1 aromatic carbocycles. The first-order valence-corrected chi connectivity index (χ1v) is 11.9. The second-order valence-corrected chi connectivity index (χ2v) is 13.3. The standard InChI is InChI=1S/C21H37NO3Si/c1-8-24-21(23)20(13-22)19-11-9-18(10-12-19)14-25-26(15(2)3,16(4)5)17(6)7/h9-12,15-17,20H,8,13-14,22H2,1-7H3/t20-/m0/s1. The molecule has 26 heavy (non-hydrogen) atoms. The number of nitrogens with two attached hydrogens (primary N) is 1. The third-order valence-corrected chi connectivity index (χ3v) is 11.4. The molecule has 0 unspecified atom stereocenters. The highest BCUT2D eigenvalue weighted by molar-refractivity contribution is 6.77. The quantitative estimate of drug-likeness (QED) is 0.460. The van der Waals surface area contributed by atoms with Crippen LogP contribution in [0.2, 0.25) is 16.6 Å². The van der Waals surface area contributed by atoms with Gasteiger partial charge < -0.3 is 14.9 Å². The Morgan fingerprint density at radius 1 is 1.00 bits per heavy atom. The molecule has 5 heteroatoms. The van der Waals surface area contributed by atoms with Gasteiger partial charge in [-0.05, 0) is 34.7 Å². The maximum atomic E-state index is 12.0. The van der Waals surface area contributed by atoms with Crippen molar-refractivity contribution in [2.45, 2.75) is 77.6 Å². The fourth-order valence-electron chi connectivity index (χ4n) is 4.17. The van der Waals surface area contributed by atoms with Gasteiger partial charge in [0.2, 0.25) is 8.32 Å². The van der Waals surface area contributed by atoms with E-state index in [0.717, 1.165) is 11.1 Å². The molecular formula is C21H37NO3Si. The third-order valence-electron chi connectivity index (χ3n) is 5.38. The van der Waals surface area contributed by atoms with Crippen LogP contribution in [0.4, 0.5) is 0 Å². The molecule has 0 radical (unpaired) electrons. The van der Waals surface area contributed by atoms with E-state index in [2.05, 4.69) is 41.5 Å². The van der Waals surface area contributed by atoms with Gasteiger partial charge in [-0.25, -0.2) is 0 Å². The predicted molar refractivity (Wildman–Crippen MR) is 111 cm³/mol. The molecule has 0 spiro atoms. The number of rotatable bonds is 10. The molecule has 0 heterocycles. The van der Waals surface area contributed by atoms with Gasteiger partial charge in [-0.3, -0.25) is 4.79 Å². The van der Waals surface area contributed by atoms with Crippen LogP contribution in [0.5, 0.6) is 0 Å². The van der Waals surface area contributed by atoms with Crippen molar-refractivity contribution in [2.75, 3.05) is 13.2 Å². The van der Waals surface area contributed by atoms with Crippen LogP contribution in [-0.4, -0.2) is 27.4 Å². The SMILES string of the molecule is CCOC(=O)[C@@H](CN)c1ccc(CO[Si](C(C)C)(C(C)C)C(C)C)cc1. The van der Waals surface area contributed by atoms with Gasteiger partial charge in [0, 0.05) is 6.54 Å². The normalized spacial score (nSPS) is 13.5. The van der Waals surface area contributed by atoms with E-state index in [1.54, 1.807) is 6.92 Å². The van der Waals surface area contributed by atoms with Crippen LogP contribution in [0, 0.1) is 0 Å². The molecule has 0 aliphatic rings. The van der Waals surface area contributed by atoms with Gasteiger partial charge in [0.1, 0.15) is 0 Å². The van der Waals surface area contributed by atoms with Crippen LogP contribution in [0.25, 0.3) is 0 Å². The summed E-state index contributed by atoms with van der Waals surface area (Å²) in [5.74, 6) is -0.662. The minimum absolute atomic E-state index is 0.249. The second kappa shape index (κ2) is 10.2. The van der Waals surface area contributed by atoms with Crippen LogP contribution >= 0.6 is 0 Å². The number of hydrogen-bond donors (Lipinski definition) is 1. The summed E-state index contributed by atoms with van der Waals surface area (Å²) in [5.41, 5.74) is 9.49. The van der Waals surface area contributed by atoms with Crippen molar-refractivity contribution in [2.24, 2.45) is 5.73 Å². The van der Waals surface area contributed by atoms with Crippen LogP contribution in [0.3, 0.4) is 0 Å². The largest absolute Gasteiger partial charge is 0.465 e. The molecule has 4 nitrogen and oxygen atoms in total. The van der Waals surface area contributed by atoms with Crippen molar-refractivity contribution in [3.63, 3.8) is 0 Å². The molecule has 0 aliphatic heterocycles. The summed E-state index contributed by atoms with van der Waals surface area (Å²) in [5, 5.41) is 0. The summed E-state index contributed by atoms with van der Waals surface area (Å²) < 4.78 is 11.7. The third kappa shape index (κ3) is 5.18. The second-order valence-electron chi connectivity index (χ2n) is 7.89. The summed E-state index contributed by atoms with van der Waals surface area (Å²) >= 11 is 0. The van der Waals surface area contributed by atoms with Crippen molar-refractivity contribution in [3.05, 3.63) is 35.4 Å². The fraction of sp³-hybridized carbons (Fsp3) is 0.667. The zero-order valence-electron chi connectivity index (χ0n) is 17.5. The smallest absolute Gasteiger partial charge is 0.314 e. The van der Waals surface area contributed by atoms with Crippen molar-refractivity contribution >= 4 is 14.3 Å². The van der Waals surface area contributed by atoms with Gasteiger partial charge >= 0.3 is 5.97 Å². The molecule has 1 rings (SSSR count). The van der Waals surface area contributed by atoms with E-state index in [1.807, 2.05) is 24.3 Å². The number of esters is 1. The van der Waals surface area contributed by atoms with E-state index < -0.39 is 14.2 Å². The van der Waals surface area contributed by atoms with Gasteiger partial charge in [0.15, 0.2) is 0 Å². The monoisotopic (exact) mass is 379 g/mol. The van der Waals surface area contributed by atoms with Gasteiger partial charge in [-0.2, -0.15) is 0 Å². The molecular weight excluding hydrogens is 342 g/mol. The first-order chi connectivity index (χ1) is 12.2. The van der Waals surface area contributed by atoms with E-state index in [1.165, 1.54) is 0 Å². The highest BCUT2D eigenvalue weighted by atomic mass is 28.4. The van der Waals surface area contributed by atoms with E-state index in [-0.39, 0.29) is 12.5 Å². The van der Waals surface area contributed by atoms with Crippen LogP contribution in [-0.2, 0) is 20.6 Å². The Morgan fingerprint density at radius 3 is 1.88 bits per heavy atom. The fourth-order valence-corrected chi connectivity index (χ4v) is 9.58. The van der Waals surface area contributed by atoms with E-state index in [0.29, 0.717) is 29.8 Å². The topological polar surface area (TPSA) is 61.5 Å². The van der Waals surface area contributed by atoms with Crippen LogP contribution in [0.1, 0.15) is 65.5 Å². The molecule has 2 N–H and O–H groups in total. The molecule has 0 aromatic heterocycles. The Hall–Kier alpha value is -1.17. The number of carbonyl (C=O) groups is 1. The average Bonchev–Trinajstić information content (AvgIpc) is 2.56. The minimum Gasteiger partial charge on any atom is -0.465 e. The molecule has 0 fully saturated rings. The number of carbonyl (C=O) groups excluding carboxylic acids is 1. The van der Waals surface area contributed by atoms with E-state index in [9.17, 15) is 4.79 Å². The lowest BCUT2D eigenvalue weighted by Gasteiger charge is -2.42. The zero-order chi connectivity index (χ0) is 19.9. The molecule has 0 saturated carbocycles. The maximum Gasteiger partial charge on any atom is 0.314 e. The maximum absolute atomic E-state index is 12.0. The van der Waals surface area contributed by atoms with Crippen LogP contribution < -0.4 is 5.73 Å². The minimum atomic E-state index is -1.88. The molecule has 0 aliphatic carbocycles. The molecule has 0 saturated heterocycles. The van der Waals surface area contributed by atoms with E-state index >= 15 is 0 Å². The molecule has 1 atom stereocenters. The summed E-state index contributed by atoms with van der Waals surface area (Å²) in [4.78, 5) is 12.0. The molecule has 0 amide bonds.